The summed E-state index contributed by atoms with van der Waals surface area (Å²) in [6.45, 7) is -0.00682. The van der Waals surface area contributed by atoms with Crippen molar-refractivity contribution >= 4 is 32.7 Å². The van der Waals surface area contributed by atoms with E-state index in [1.54, 1.807) is 7.05 Å². The van der Waals surface area contributed by atoms with Crippen molar-refractivity contribution in [2.24, 2.45) is 12.2 Å². The van der Waals surface area contributed by atoms with Crippen LogP contribution in [-0.2, 0) is 17.1 Å². The number of aromatic carboxylic acids is 1. The van der Waals surface area contributed by atoms with E-state index in [2.05, 4.69) is 15.4 Å². The Kier molecular flexibility index (Phi) is 3.59. The second kappa shape index (κ2) is 5.06. The molecule has 2 aromatic rings. The molecule has 0 aliphatic heterocycles. The van der Waals surface area contributed by atoms with Crippen LogP contribution in [0, 0.1) is 0 Å². The number of nitrogens with one attached hydrogen (secondary N) is 1. The molecule has 0 aliphatic carbocycles. The van der Waals surface area contributed by atoms with Gasteiger partial charge in [0.1, 0.15) is 5.56 Å². The zero-order valence-corrected chi connectivity index (χ0v) is 11.4. The summed E-state index contributed by atoms with van der Waals surface area (Å²) in [5, 5.41) is 21.3. The molecule has 0 saturated carbocycles. The largest absolute Gasteiger partial charge is 0.478 e. The van der Waals surface area contributed by atoms with E-state index in [0.717, 1.165) is 0 Å². The summed E-state index contributed by atoms with van der Waals surface area (Å²) in [6, 6.07) is 0. The molecule has 2 rings (SSSR count). The number of fused-ring (bicyclic) bond motifs is 1. The maximum atomic E-state index is 11.2. The number of hydrogen-bond donors (Lipinski definition) is 3. The second-order valence-corrected chi connectivity index (χ2v) is 5.89. The number of rotatable bonds is 5. The predicted molar refractivity (Wildman–Crippen MR) is 71.9 cm³/mol. The molecule has 0 amide bonds. The van der Waals surface area contributed by atoms with E-state index in [1.165, 1.54) is 17.1 Å². The van der Waals surface area contributed by atoms with E-state index in [4.69, 9.17) is 10.2 Å². The molecule has 0 bridgehead atoms. The molecule has 0 radical (unpaired) electrons. The van der Waals surface area contributed by atoms with Crippen LogP contribution >= 0.6 is 0 Å². The highest BCUT2D eigenvalue weighted by atomic mass is 32.2. The highest BCUT2D eigenvalue weighted by Crippen LogP contribution is 2.25. The molecule has 9 nitrogen and oxygen atoms in total. The summed E-state index contributed by atoms with van der Waals surface area (Å²) in [7, 11) is -1.95. The van der Waals surface area contributed by atoms with Crippen LogP contribution < -0.4 is 10.5 Å². The molecule has 0 spiro atoms. The third-order valence-corrected chi connectivity index (χ3v) is 3.45. The summed E-state index contributed by atoms with van der Waals surface area (Å²) < 4.78 is 23.3. The van der Waals surface area contributed by atoms with Crippen molar-refractivity contribution in [3.63, 3.8) is 0 Å². The molecule has 0 fully saturated rings. The lowest BCUT2D eigenvalue weighted by molar-refractivity contribution is 0.0697. The lowest BCUT2D eigenvalue weighted by Crippen LogP contribution is -2.23. The van der Waals surface area contributed by atoms with E-state index in [9.17, 15) is 13.2 Å². The SMILES string of the molecule is Cn1ncc2c(NCCS(N)(=O)=O)c(C(=O)O)cnc21. The molecular formula is C10H13N5O4S. The summed E-state index contributed by atoms with van der Waals surface area (Å²) in [6.07, 6.45) is 2.67. The lowest BCUT2D eigenvalue weighted by Gasteiger charge is -2.10. The van der Waals surface area contributed by atoms with Gasteiger partial charge in [-0.25, -0.2) is 23.3 Å². The molecule has 2 heterocycles. The van der Waals surface area contributed by atoms with Crippen molar-refractivity contribution in [1.29, 1.82) is 0 Å². The Morgan fingerprint density at radius 3 is 2.80 bits per heavy atom. The molecule has 20 heavy (non-hydrogen) atoms. The van der Waals surface area contributed by atoms with Gasteiger partial charge in [0.25, 0.3) is 0 Å². The number of aromatic nitrogens is 3. The fraction of sp³-hybridized carbons (Fsp3) is 0.300. The van der Waals surface area contributed by atoms with Crippen molar-refractivity contribution in [1.82, 2.24) is 14.8 Å². The minimum atomic E-state index is -3.62. The number of carbonyl (C=O) groups is 1. The average molecular weight is 299 g/mol. The smallest absolute Gasteiger partial charge is 0.339 e. The molecule has 0 aliphatic rings. The van der Waals surface area contributed by atoms with E-state index >= 15 is 0 Å². The van der Waals surface area contributed by atoms with Crippen molar-refractivity contribution in [3.8, 4) is 0 Å². The van der Waals surface area contributed by atoms with Gasteiger partial charge in [-0.05, 0) is 0 Å². The highest BCUT2D eigenvalue weighted by molar-refractivity contribution is 7.89. The van der Waals surface area contributed by atoms with Gasteiger partial charge in [0, 0.05) is 19.8 Å². The molecule has 2 aromatic heterocycles. The van der Waals surface area contributed by atoms with Crippen molar-refractivity contribution in [2.75, 3.05) is 17.6 Å². The molecule has 108 valence electrons. The molecule has 0 aromatic carbocycles. The number of primary sulfonamides is 1. The monoisotopic (exact) mass is 299 g/mol. The molecule has 0 atom stereocenters. The first kappa shape index (κ1) is 14.2. The third-order valence-electron chi connectivity index (χ3n) is 2.68. The average Bonchev–Trinajstić information content (AvgIpc) is 2.70. The molecule has 10 heteroatoms. The van der Waals surface area contributed by atoms with E-state index in [-0.39, 0.29) is 23.5 Å². The Bertz CT molecular complexity index is 767. The summed E-state index contributed by atoms with van der Waals surface area (Å²) in [5.74, 6) is -1.47. The lowest BCUT2D eigenvalue weighted by atomic mass is 10.2. The number of anilines is 1. The van der Waals surface area contributed by atoms with Gasteiger partial charge in [0.2, 0.25) is 10.0 Å². The summed E-state index contributed by atoms with van der Waals surface area (Å²) in [4.78, 5) is 15.2. The van der Waals surface area contributed by atoms with Crippen molar-refractivity contribution < 1.29 is 18.3 Å². The Morgan fingerprint density at radius 1 is 1.50 bits per heavy atom. The van der Waals surface area contributed by atoms with Crippen molar-refractivity contribution in [2.45, 2.75) is 0 Å². The van der Waals surface area contributed by atoms with Crippen LogP contribution in [0.4, 0.5) is 5.69 Å². The Morgan fingerprint density at radius 2 is 2.20 bits per heavy atom. The first-order valence-corrected chi connectivity index (χ1v) is 7.29. The number of hydrogen-bond acceptors (Lipinski definition) is 6. The van der Waals surface area contributed by atoms with Crippen LogP contribution in [0.1, 0.15) is 10.4 Å². The Labute approximate surface area is 114 Å². The topological polar surface area (TPSA) is 140 Å². The Hall–Kier alpha value is -2.20. The zero-order valence-electron chi connectivity index (χ0n) is 10.6. The maximum Gasteiger partial charge on any atom is 0.339 e. The van der Waals surface area contributed by atoms with Crippen LogP contribution in [-0.4, -0.2) is 46.6 Å². The number of nitrogens with two attached hydrogens (primary N) is 1. The third kappa shape index (κ3) is 2.86. The second-order valence-electron chi connectivity index (χ2n) is 4.15. The van der Waals surface area contributed by atoms with Crippen LogP contribution in [0.15, 0.2) is 12.4 Å². The van der Waals surface area contributed by atoms with E-state index < -0.39 is 16.0 Å². The molecule has 4 N–H and O–H groups in total. The molecule has 0 unspecified atom stereocenters. The number of aryl methyl sites for hydroxylation is 1. The summed E-state index contributed by atoms with van der Waals surface area (Å²) in [5.41, 5.74) is 0.715. The normalized spacial score (nSPS) is 11.7. The molecular weight excluding hydrogens is 286 g/mol. The fourth-order valence-electron chi connectivity index (χ4n) is 1.77. The Balaban J connectivity index is 2.42. The zero-order chi connectivity index (χ0) is 14.9. The molecule has 0 saturated heterocycles. The van der Waals surface area contributed by atoms with E-state index in [1.807, 2.05) is 0 Å². The van der Waals surface area contributed by atoms with Gasteiger partial charge in [0.05, 0.1) is 23.0 Å². The number of nitrogens with zero attached hydrogens (tertiary/aromatic N) is 3. The number of carboxylic acids is 1. The van der Waals surface area contributed by atoms with Crippen LogP contribution in [0.2, 0.25) is 0 Å². The van der Waals surface area contributed by atoms with Gasteiger partial charge < -0.3 is 10.4 Å². The van der Waals surface area contributed by atoms with Gasteiger partial charge in [-0.3, -0.25) is 4.68 Å². The van der Waals surface area contributed by atoms with Crippen molar-refractivity contribution in [3.05, 3.63) is 18.0 Å². The standard InChI is InChI=1S/C10H13N5O4S/c1-15-9-6(5-14-15)8(7(4-13-9)10(16)17)12-2-3-20(11,18)19/h4-5H,2-3H2,1H3,(H,12,13)(H,16,17)(H2,11,18,19). The first-order valence-electron chi connectivity index (χ1n) is 5.58. The van der Waals surface area contributed by atoms with Crippen LogP contribution in [0.25, 0.3) is 11.0 Å². The van der Waals surface area contributed by atoms with Crippen LogP contribution in [0.5, 0.6) is 0 Å². The van der Waals surface area contributed by atoms with Gasteiger partial charge in [-0.2, -0.15) is 5.10 Å². The quantitative estimate of drug-likeness (QED) is 0.667. The number of carboxylic acid groups (broad SMARTS) is 1. The predicted octanol–water partition coefficient (Wildman–Crippen LogP) is -0.633. The minimum absolute atomic E-state index is 0.00682. The highest BCUT2D eigenvalue weighted by Gasteiger charge is 2.17. The number of sulfonamides is 1. The van der Waals surface area contributed by atoms with Gasteiger partial charge in [-0.1, -0.05) is 0 Å². The minimum Gasteiger partial charge on any atom is -0.478 e. The summed E-state index contributed by atoms with van der Waals surface area (Å²) >= 11 is 0. The van der Waals surface area contributed by atoms with E-state index in [0.29, 0.717) is 11.0 Å². The fourth-order valence-corrected chi connectivity index (χ4v) is 2.15. The van der Waals surface area contributed by atoms with Crippen LogP contribution in [0.3, 0.4) is 0 Å². The van der Waals surface area contributed by atoms with Gasteiger partial charge in [-0.15, -0.1) is 0 Å². The number of pyridine rings is 1. The van der Waals surface area contributed by atoms with Gasteiger partial charge >= 0.3 is 5.97 Å². The first-order chi connectivity index (χ1) is 9.29. The maximum absolute atomic E-state index is 11.2. The van der Waals surface area contributed by atoms with Gasteiger partial charge in [0.15, 0.2) is 5.65 Å².